The van der Waals surface area contributed by atoms with Gasteiger partial charge in [0.15, 0.2) is 11.6 Å². The fraction of sp³-hybridized carbons (Fsp3) is 0.611. The molecule has 2 aromatic heterocycles. The van der Waals surface area contributed by atoms with Gasteiger partial charge in [-0.3, -0.25) is 0 Å². The number of nitrogens with zero attached hydrogens (tertiary/aromatic N) is 4. The largest absolute Gasteiger partial charge is 0.377 e. The lowest BCUT2D eigenvalue weighted by atomic mass is 9.83. The Morgan fingerprint density at radius 2 is 2.12 bits per heavy atom. The van der Waals surface area contributed by atoms with Gasteiger partial charge in [-0.1, -0.05) is 19.9 Å². The van der Waals surface area contributed by atoms with Gasteiger partial charge < -0.3 is 10.5 Å². The minimum Gasteiger partial charge on any atom is -0.377 e. The van der Waals surface area contributed by atoms with Gasteiger partial charge in [-0.25, -0.2) is 9.97 Å². The Labute approximate surface area is 155 Å². The van der Waals surface area contributed by atoms with E-state index in [2.05, 4.69) is 23.9 Å². The highest BCUT2D eigenvalue weighted by molar-refractivity contribution is 5.85. The zero-order valence-electron chi connectivity index (χ0n) is 15.0. The smallest absolute Gasteiger partial charge is 0.155 e. The van der Waals surface area contributed by atoms with Gasteiger partial charge in [-0.2, -0.15) is 4.68 Å². The molecule has 0 amide bonds. The third kappa shape index (κ3) is 4.57. The van der Waals surface area contributed by atoms with Crippen molar-refractivity contribution in [3.8, 4) is 5.82 Å². The van der Waals surface area contributed by atoms with Crippen LogP contribution in [0.3, 0.4) is 0 Å². The van der Waals surface area contributed by atoms with Crippen LogP contribution in [0.15, 0.2) is 24.4 Å². The Morgan fingerprint density at radius 3 is 2.80 bits per heavy atom. The maximum absolute atomic E-state index is 6.26. The molecule has 2 N–H and O–H groups in total. The van der Waals surface area contributed by atoms with E-state index in [1.165, 1.54) is 0 Å². The normalized spacial score (nSPS) is 23.2. The van der Waals surface area contributed by atoms with Crippen LogP contribution in [0.2, 0.25) is 0 Å². The van der Waals surface area contributed by atoms with Crippen LogP contribution >= 0.6 is 12.4 Å². The van der Waals surface area contributed by atoms with Crippen molar-refractivity contribution in [2.75, 3.05) is 6.61 Å². The Morgan fingerprint density at radius 1 is 1.28 bits per heavy atom. The Hall–Kier alpha value is -1.50. The highest BCUT2D eigenvalue weighted by atomic mass is 35.5. The SMILES string of the molecule is CCCO[C@@H]1C[C@@H](c2nc(CC)nn2-c2ccccn2)CC[C@H]1N.Cl. The van der Waals surface area contributed by atoms with Crippen LogP contribution in [0.5, 0.6) is 0 Å². The summed E-state index contributed by atoms with van der Waals surface area (Å²) < 4.78 is 7.88. The number of hydrogen-bond donors (Lipinski definition) is 1. The number of ether oxygens (including phenoxy) is 1. The van der Waals surface area contributed by atoms with E-state index in [1.54, 1.807) is 6.20 Å². The molecule has 0 spiro atoms. The third-order valence-corrected chi connectivity index (χ3v) is 4.60. The molecule has 3 rings (SSSR count). The maximum atomic E-state index is 6.26. The lowest BCUT2D eigenvalue weighted by molar-refractivity contribution is 0.00882. The number of halogens is 1. The van der Waals surface area contributed by atoms with E-state index in [0.717, 1.165) is 56.2 Å². The molecule has 2 aromatic rings. The molecule has 1 fully saturated rings. The van der Waals surface area contributed by atoms with Crippen molar-refractivity contribution in [1.82, 2.24) is 19.7 Å². The highest BCUT2D eigenvalue weighted by Gasteiger charge is 2.33. The van der Waals surface area contributed by atoms with Crippen LogP contribution < -0.4 is 5.73 Å². The first-order chi connectivity index (χ1) is 11.7. The fourth-order valence-corrected chi connectivity index (χ4v) is 3.28. The molecule has 0 aliphatic heterocycles. The summed E-state index contributed by atoms with van der Waals surface area (Å²) in [6.45, 7) is 4.96. The molecule has 1 aliphatic rings. The molecule has 1 saturated carbocycles. The average Bonchev–Trinajstić information content (AvgIpc) is 3.06. The first-order valence-electron chi connectivity index (χ1n) is 8.97. The summed E-state index contributed by atoms with van der Waals surface area (Å²) in [6.07, 6.45) is 6.58. The molecule has 0 bridgehead atoms. The zero-order chi connectivity index (χ0) is 16.9. The monoisotopic (exact) mass is 365 g/mol. The number of aromatic nitrogens is 4. The molecule has 2 heterocycles. The van der Waals surface area contributed by atoms with Crippen LogP contribution in [-0.4, -0.2) is 38.5 Å². The quantitative estimate of drug-likeness (QED) is 0.851. The molecule has 0 unspecified atom stereocenters. The predicted molar refractivity (Wildman–Crippen MR) is 100 cm³/mol. The Balaban J connectivity index is 0.00000225. The predicted octanol–water partition coefficient (Wildman–Crippen LogP) is 3.04. The molecule has 1 aliphatic carbocycles. The van der Waals surface area contributed by atoms with Crippen molar-refractivity contribution in [3.05, 3.63) is 36.0 Å². The van der Waals surface area contributed by atoms with Crippen LogP contribution in [0, 0.1) is 0 Å². The Kier molecular flexibility index (Phi) is 7.35. The number of rotatable bonds is 6. The summed E-state index contributed by atoms with van der Waals surface area (Å²) in [6, 6.07) is 5.97. The van der Waals surface area contributed by atoms with Crippen molar-refractivity contribution >= 4 is 12.4 Å². The first-order valence-corrected chi connectivity index (χ1v) is 8.97. The van der Waals surface area contributed by atoms with Crippen LogP contribution in [0.1, 0.15) is 57.1 Å². The van der Waals surface area contributed by atoms with Gasteiger partial charge in [0, 0.05) is 31.2 Å². The van der Waals surface area contributed by atoms with E-state index < -0.39 is 0 Å². The van der Waals surface area contributed by atoms with Crippen molar-refractivity contribution in [2.45, 2.75) is 64.0 Å². The molecule has 6 nitrogen and oxygen atoms in total. The molecule has 0 aromatic carbocycles. The maximum Gasteiger partial charge on any atom is 0.155 e. The second-order valence-corrected chi connectivity index (χ2v) is 6.42. The first kappa shape index (κ1) is 19.8. The fourth-order valence-electron chi connectivity index (χ4n) is 3.28. The minimum absolute atomic E-state index is 0. The minimum atomic E-state index is 0. The summed E-state index contributed by atoms with van der Waals surface area (Å²) >= 11 is 0. The van der Waals surface area contributed by atoms with Crippen molar-refractivity contribution < 1.29 is 4.74 Å². The molecular formula is C18H28ClN5O. The lowest BCUT2D eigenvalue weighted by Gasteiger charge is -2.33. The standard InChI is InChI=1S/C18H27N5O.ClH/c1-3-11-24-15-12-13(8-9-14(15)19)18-21-16(4-2)22-23(18)17-7-5-6-10-20-17;/h5-7,10,13-15H,3-4,8-9,11-12,19H2,1-2H3;1H/t13-,14+,15+;/m0./s1. The summed E-state index contributed by atoms with van der Waals surface area (Å²) in [7, 11) is 0. The van der Waals surface area contributed by atoms with Crippen LogP contribution in [0.4, 0.5) is 0 Å². The molecule has 3 atom stereocenters. The molecular weight excluding hydrogens is 338 g/mol. The van der Waals surface area contributed by atoms with Crippen LogP contribution in [0.25, 0.3) is 5.82 Å². The Bertz CT molecular complexity index is 648. The molecule has 7 heteroatoms. The second kappa shape index (κ2) is 9.27. The second-order valence-electron chi connectivity index (χ2n) is 6.42. The average molecular weight is 366 g/mol. The van der Waals surface area contributed by atoms with Gasteiger partial charge >= 0.3 is 0 Å². The summed E-state index contributed by atoms with van der Waals surface area (Å²) in [5.74, 6) is 2.97. The van der Waals surface area contributed by atoms with E-state index in [9.17, 15) is 0 Å². The molecule has 0 radical (unpaired) electrons. The summed E-state index contributed by atoms with van der Waals surface area (Å²) in [5, 5.41) is 4.65. The van der Waals surface area contributed by atoms with Gasteiger partial charge in [0.25, 0.3) is 0 Å². The third-order valence-electron chi connectivity index (χ3n) is 4.60. The van der Waals surface area contributed by atoms with E-state index >= 15 is 0 Å². The zero-order valence-corrected chi connectivity index (χ0v) is 15.8. The van der Waals surface area contributed by atoms with Crippen molar-refractivity contribution in [2.24, 2.45) is 5.73 Å². The summed E-state index contributed by atoms with van der Waals surface area (Å²) in [4.78, 5) is 9.22. The number of pyridine rings is 1. The molecule has 0 saturated heterocycles. The van der Waals surface area contributed by atoms with Crippen molar-refractivity contribution in [3.63, 3.8) is 0 Å². The lowest BCUT2D eigenvalue weighted by Crippen LogP contribution is -2.42. The van der Waals surface area contributed by atoms with Gasteiger partial charge in [-0.15, -0.1) is 17.5 Å². The van der Waals surface area contributed by atoms with Gasteiger partial charge in [0.1, 0.15) is 5.82 Å². The number of nitrogens with two attached hydrogens (primary N) is 1. The number of hydrogen-bond acceptors (Lipinski definition) is 5. The van der Waals surface area contributed by atoms with Crippen LogP contribution in [-0.2, 0) is 11.2 Å². The topological polar surface area (TPSA) is 78.9 Å². The van der Waals surface area contributed by atoms with Gasteiger partial charge in [0.2, 0.25) is 0 Å². The van der Waals surface area contributed by atoms with Gasteiger partial charge in [0.05, 0.1) is 6.10 Å². The number of aryl methyl sites for hydroxylation is 1. The van der Waals surface area contributed by atoms with E-state index in [4.69, 9.17) is 15.5 Å². The molecule has 138 valence electrons. The van der Waals surface area contributed by atoms with Crippen molar-refractivity contribution in [1.29, 1.82) is 0 Å². The molecule has 25 heavy (non-hydrogen) atoms. The van der Waals surface area contributed by atoms with E-state index in [1.807, 2.05) is 22.9 Å². The van der Waals surface area contributed by atoms with E-state index in [-0.39, 0.29) is 24.6 Å². The van der Waals surface area contributed by atoms with Gasteiger partial charge in [-0.05, 0) is 37.8 Å². The van der Waals surface area contributed by atoms with E-state index in [0.29, 0.717) is 5.92 Å². The summed E-state index contributed by atoms with van der Waals surface area (Å²) in [5.41, 5.74) is 6.26. The highest BCUT2D eigenvalue weighted by Crippen LogP contribution is 2.33.